The summed E-state index contributed by atoms with van der Waals surface area (Å²) in [5.41, 5.74) is 3.43. The van der Waals surface area contributed by atoms with Crippen LogP contribution in [0.1, 0.15) is 11.1 Å². The van der Waals surface area contributed by atoms with Crippen LogP contribution in [-0.4, -0.2) is 39.4 Å². The van der Waals surface area contributed by atoms with E-state index >= 15 is 0 Å². The molecule has 0 unspecified atom stereocenters. The summed E-state index contributed by atoms with van der Waals surface area (Å²) in [4.78, 5) is 24.3. The molecular formula is C25H24FN3O6. The zero-order valence-corrected chi connectivity index (χ0v) is 19.3. The minimum absolute atomic E-state index is 0.0284. The van der Waals surface area contributed by atoms with E-state index in [1.54, 1.807) is 54.6 Å². The number of ether oxygens (including phenoxy) is 4. The molecular weight excluding hydrogens is 457 g/mol. The van der Waals surface area contributed by atoms with Crippen LogP contribution in [0.5, 0.6) is 23.0 Å². The predicted octanol–water partition coefficient (Wildman–Crippen LogP) is 3.52. The molecule has 0 aliphatic rings. The molecule has 0 radical (unpaired) electrons. The van der Waals surface area contributed by atoms with Gasteiger partial charge in [-0.25, -0.2) is 9.82 Å². The van der Waals surface area contributed by atoms with Crippen molar-refractivity contribution in [3.05, 3.63) is 77.6 Å². The average Bonchev–Trinajstić information content (AvgIpc) is 2.88. The van der Waals surface area contributed by atoms with Crippen molar-refractivity contribution in [3.8, 4) is 23.0 Å². The molecule has 0 atom stereocenters. The lowest BCUT2D eigenvalue weighted by Crippen LogP contribution is -2.32. The lowest BCUT2D eigenvalue weighted by molar-refractivity contribution is -0.136. The number of anilines is 1. The number of nitrogens with one attached hydrogen (secondary N) is 2. The Kier molecular flexibility index (Phi) is 8.60. The summed E-state index contributed by atoms with van der Waals surface area (Å²) in [6, 6.07) is 16.0. The summed E-state index contributed by atoms with van der Waals surface area (Å²) in [7, 11) is 4.39. The van der Waals surface area contributed by atoms with E-state index in [-0.39, 0.29) is 12.4 Å². The zero-order chi connectivity index (χ0) is 25.2. The number of carbonyl (C=O) groups is 2. The maximum atomic E-state index is 13.8. The van der Waals surface area contributed by atoms with E-state index in [4.69, 9.17) is 18.9 Å². The summed E-state index contributed by atoms with van der Waals surface area (Å²) in [6.45, 7) is 0.0284. The fourth-order valence-electron chi connectivity index (χ4n) is 2.95. The van der Waals surface area contributed by atoms with Crippen molar-refractivity contribution < 1.29 is 32.9 Å². The van der Waals surface area contributed by atoms with E-state index in [0.29, 0.717) is 39.8 Å². The first-order valence-corrected chi connectivity index (χ1v) is 10.4. The Labute approximate surface area is 201 Å². The Bertz CT molecular complexity index is 1230. The first kappa shape index (κ1) is 25.0. The molecule has 9 nitrogen and oxygen atoms in total. The number of methoxy groups -OCH3 is 3. The van der Waals surface area contributed by atoms with Gasteiger partial charge in [0.2, 0.25) is 0 Å². The van der Waals surface area contributed by atoms with Gasteiger partial charge in [0.25, 0.3) is 0 Å². The molecule has 0 bridgehead atoms. The quantitative estimate of drug-likeness (QED) is 0.275. The molecule has 3 aromatic carbocycles. The van der Waals surface area contributed by atoms with Gasteiger partial charge < -0.3 is 24.3 Å². The van der Waals surface area contributed by atoms with E-state index in [1.807, 2.05) is 0 Å². The molecule has 35 heavy (non-hydrogen) atoms. The van der Waals surface area contributed by atoms with Crippen molar-refractivity contribution in [1.29, 1.82) is 0 Å². The third-order valence-corrected chi connectivity index (χ3v) is 4.77. The summed E-state index contributed by atoms with van der Waals surface area (Å²) >= 11 is 0. The molecule has 0 aliphatic heterocycles. The second-order valence-corrected chi connectivity index (χ2v) is 7.01. The predicted molar refractivity (Wildman–Crippen MR) is 128 cm³/mol. The molecule has 3 rings (SSSR count). The van der Waals surface area contributed by atoms with Gasteiger partial charge in [0.05, 0.1) is 33.2 Å². The van der Waals surface area contributed by atoms with Crippen LogP contribution in [0.15, 0.2) is 65.8 Å². The first-order valence-electron chi connectivity index (χ1n) is 10.4. The molecule has 0 saturated carbocycles. The summed E-state index contributed by atoms with van der Waals surface area (Å²) in [5.74, 6) is -0.603. The highest BCUT2D eigenvalue weighted by Crippen LogP contribution is 2.29. The third-order valence-electron chi connectivity index (χ3n) is 4.77. The summed E-state index contributed by atoms with van der Waals surface area (Å²) in [5, 5.41) is 6.25. The number of rotatable bonds is 9. The molecule has 182 valence electrons. The maximum Gasteiger partial charge on any atom is 0.329 e. The molecule has 0 fully saturated rings. The molecule has 2 N–H and O–H groups in total. The Morgan fingerprint density at radius 2 is 1.66 bits per heavy atom. The van der Waals surface area contributed by atoms with E-state index < -0.39 is 11.8 Å². The lowest BCUT2D eigenvalue weighted by atomic mass is 10.2. The van der Waals surface area contributed by atoms with Crippen LogP contribution in [0.25, 0.3) is 0 Å². The number of nitrogens with zero attached hydrogens (tertiary/aromatic N) is 1. The molecule has 10 heteroatoms. The van der Waals surface area contributed by atoms with Gasteiger partial charge in [-0.2, -0.15) is 5.10 Å². The third kappa shape index (κ3) is 6.70. The van der Waals surface area contributed by atoms with Crippen molar-refractivity contribution in [2.45, 2.75) is 6.61 Å². The number of amides is 2. The highest BCUT2D eigenvalue weighted by atomic mass is 19.1. The van der Waals surface area contributed by atoms with E-state index in [9.17, 15) is 14.0 Å². The minimum atomic E-state index is -0.976. The summed E-state index contributed by atoms with van der Waals surface area (Å²) in [6.07, 6.45) is 1.34. The highest BCUT2D eigenvalue weighted by Gasteiger charge is 2.16. The molecule has 0 spiro atoms. The second kappa shape index (κ2) is 12.0. The van der Waals surface area contributed by atoms with Crippen LogP contribution in [0, 0.1) is 5.82 Å². The zero-order valence-electron chi connectivity index (χ0n) is 19.3. The summed E-state index contributed by atoms with van der Waals surface area (Å²) < 4.78 is 35.1. The van der Waals surface area contributed by atoms with Crippen LogP contribution in [0.4, 0.5) is 10.1 Å². The van der Waals surface area contributed by atoms with E-state index in [1.165, 1.54) is 33.6 Å². The Hall–Kier alpha value is -4.60. The van der Waals surface area contributed by atoms with Gasteiger partial charge in [-0.3, -0.25) is 9.59 Å². The molecule has 3 aromatic rings. The first-order chi connectivity index (χ1) is 16.9. The van der Waals surface area contributed by atoms with Crippen molar-refractivity contribution in [2.75, 3.05) is 26.6 Å². The normalized spacial score (nSPS) is 10.5. The van der Waals surface area contributed by atoms with Gasteiger partial charge in [0.1, 0.15) is 23.9 Å². The smallest absolute Gasteiger partial charge is 0.329 e. The topological polar surface area (TPSA) is 107 Å². The number of hydrazone groups is 1. The van der Waals surface area contributed by atoms with Crippen LogP contribution in [-0.2, 0) is 16.2 Å². The van der Waals surface area contributed by atoms with E-state index in [2.05, 4.69) is 15.8 Å². The molecule has 0 heterocycles. The van der Waals surface area contributed by atoms with E-state index in [0.717, 1.165) is 0 Å². The number of hydrogen-bond donors (Lipinski definition) is 2. The average molecular weight is 481 g/mol. The highest BCUT2D eigenvalue weighted by molar-refractivity contribution is 6.39. The van der Waals surface area contributed by atoms with Crippen LogP contribution >= 0.6 is 0 Å². The Morgan fingerprint density at radius 3 is 2.37 bits per heavy atom. The van der Waals surface area contributed by atoms with Gasteiger partial charge in [0.15, 0.2) is 11.5 Å². The molecule has 0 saturated heterocycles. The molecule has 0 aliphatic carbocycles. The SMILES string of the molecule is COc1ccc(NC(=O)C(=O)N/N=C/c2ccc(OCc3ccccc3F)c(OC)c2)c(OC)c1. The lowest BCUT2D eigenvalue weighted by Gasteiger charge is -2.12. The number of carbonyl (C=O) groups excluding carboxylic acids is 2. The standard InChI is InChI=1S/C25H24FN3O6/c1-32-18-9-10-20(22(13-18)33-2)28-24(30)25(31)29-27-14-16-8-11-21(23(12-16)34-3)35-15-17-6-4-5-7-19(17)26/h4-14H,15H2,1-3H3,(H,28,30)(H,29,31)/b27-14+. The van der Waals surface area contributed by atoms with Crippen LogP contribution < -0.4 is 29.7 Å². The maximum absolute atomic E-state index is 13.8. The number of halogens is 1. The molecule has 2 amide bonds. The van der Waals surface area contributed by atoms with Gasteiger partial charge in [0, 0.05) is 11.6 Å². The van der Waals surface area contributed by atoms with Crippen LogP contribution in [0.3, 0.4) is 0 Å². The van der Waals surface area contributed by atoms with Gasteiger partial charge in [-0.05, 0) is 42.0 Å². The minimum Gasteiger partial charge on any atom is -0.497 e. The van der Waals surface area contributed by atoms with Gasteiger partial charge in [-0.15, -0.1) is 0 Å². The van der Waals surface area contributed by atoms with Crippen molar-refractivity contribution in [1.82, 2.24) is 5.43 Å². The number of benzene rings is 3. The Morgan fingerprint density at radius 1 is 0.886 bits per heavy atom. The fourth-order valence-corrected chi connectivity index (χ4v) is 2.95. The number of hydrogen-bond acceptors (Lipinski definition) is 7. The monoisotopic (exact) mass is 481 g/mol. The Balaban J connectivity index is 1.59. The van der Waals surface area contributed by atoms with Gasteiger partial charge >= 0.3 is 11.8 Å². The van der Waals surface area contributed by atoms with Crippen molar-refractivity contribution in [3.63, 3.8) is 0 Å². The molecule has 0 aromatic heterocycles. The second-order valence-electron chi connectivity index (χ2n) is 7.01. The van der Waals surface area contributed by atoms with Crippen molar-refractivity contribution >= 4 is 23.7 Å². The van der Waals surface area contributed by atoms with Crippen molar-refractivity contribution in [2.24, 2.45) is 5.10 Å². The van der Waals surface area contributed by atoms with Gasteiger partial charge in [-0.1, -0.05) is 18.2 Å². The van der Waals surface area contributed by atoms with Crippen LogP contribution in [0.2, 0.25) is 0 Å². The largest absolute Gasteiger partial charge is 0.497 e. The fraction of sp³-hybridized carbons (Fsp3) is 0.160.